The first kappa shape index (κ1) is 11.8. The van der Waals surface area contributed by atoms with Crippen LogP contribution in [0.4, 0.5) is 13.2 Å². The topological polar surface area (TPSA) is 9.23 Å². The zero-order chi connectivity index (χ0) is 10.5. The largest absolute Gasteiger partial charge is 0.496 e. The SMILES string of the molecule is C=C/C(=C(\C=C/C)OC)C(F)(F)F. The maximum Gasteiger partial charge on any atom is 0.419 e. The van der Waals surface area contributed by atoms with Gasteiger partial charge in [0.1, 0.15) is 5.76 Å². The Morgan fingerprint density at radius 3 is 2.15 bits per heavy atom. The van der Waals surface area contributed by atoms with E-state index in [0.717, 1.165) is 6.08 Å². The molecule has 0 spiro atoms. The Kier molecular flexibility index (Phi) is 4.31. The van der Waals surface area contributed by atoms with Crippen LogP contribution in [0.2, 0.25) is 0 Å². The molecule has 0 atom stereocenters. The Balaban J connectivity index is 5.18. The highest BCUT2D eigenvalue weighted by Gasteiger charge is 2.34. The van der Waals surface area contributed by atoms with E-state index in [0.29, 0.717) is 0 Å². The van der Waals surface area contributed by atoms with Gasteiger partial charge >= 0.3 is 6.18 Å². The van der Waals surface area contributed by atoms with E-state index in [4.69, 9.17) is 0 Å². The highest BCUT2D eigenvalue weighted by molar-refractivity contribution is 5.31. The van der Waals surface area contributed by atoms with Gasteiger partial charge < -0.3 is 4.74 Å². The normalized spacial score (nSPS) is 14.2. The molecule has 0 heterocycles. The van der Waals surface area contributed by atoms with Gasteiger partial charge in [-0.3, -0.25) is 0 Å². The fourth-order valence-electron chi connectivity index (χ4n) is 0.775. The van der Waals surface area contributed by atoms with Crippen molar-refractivity contribution in [3.05, 3.63) is 36.1 Å². The lowest BCUT2D eigenvalue weighted by molar-refractivity contribution is -0.0908. The first-order valence-electron chi connectivity index (χ1n) is 3.58. The Bertz CT molecular complexity index is 236. The van der Waals surface area contributed by atoms with E-state index in [2.05, 4.69) is 11.3 Å². The van der Waals surface area contributed by atoms with E-state index in [-0.39, 0.29) is 5.76 Å². The maximum atomic E-state index is 12.2. The third-order valence-electron chi connectivity index (χ3n) is 1.31. The summed E-state index contributed by atoms with van der Waals surface area (Å²) in [6, 6.07) is 0. The summed E-state index contributed by atoms with van der Waals surface area (Å²) in [4.78, 5) is 0. The molecular formula is C9H11F3O. The van der Waals surface area contributed by atoms with Crippen LogP contribution in [0, 0.1) is 0 Å². The number of alkyl halides is 3. The summed E-state index contributed by atoms with van der Waals surface area (Å²) in [5.74, 6) is -0.231. The molecule has 13 heavy (non-hydrogen) atoms. The van der Waals surface area contributed by atoms with Gasteiger partial charge in [-0.1, -0.05) is 18.7 Å². The quantitative estimate of drug-likeness (QED) is 0.492. The average molecular weight is 192 g/mol. The first-order chi connectivity index (χ1) is 5.97. The third-order valence-corrected chi connectivity index (χ3v) is 1.31. The molecule has 0 aliphatic carbocycles. The maximum absolute atomic E-state index is 12.2. The molecule has 1 nitrogen and oxygen atoms in total. The van der Waals surface area contributed by atoms with E-state index in [1.165, 1.54) is 19.3 Å². The van der Waals surface area contributed by atoms with Crippen molar-refractivity contribution < 1.29 is 17.9 Å². The minimum absolute atomic E-state index is 0.231. The van der Waals surface area contributed by atoms with Gasteiger partial charge in [0, 0.05) is 0 Å². The predicted molar refractivity (Wildman–Crippen MR) is 45.1 cm³/mol. The van der Waals surface area contributed by atoms with Crippen LogP contribution in [-0.2, 0) is 4.74 Å². The smallest absolute Gasteiger partial charge is 0.419 e. The summed E-state index contributed by atoms with van der Waals surface area (Å²) < 4.78 is 41.3. The average Bonchev–Trinajstić information content (AvgIpc) is 2.01. The fourth-order valence-corrected chi connectivity index (χ4v) is 0.775. The summed E-state index contributed by atoms with van der Waals surface area (Å²) in [5.41, 5.74) is -0.867. The van der Waals surface area contributed by atoms with Crippen LogP contribution < -0.4 is 0 Å². The molecule has 0 aromatic heterocycles. The predicted octanol–water partition coefficient (Wildman–Crippen LogP) is 3.21. The lowest BCUT2D eigenvalue weighted by Crippen LogP contribution is -2.12. The highest BCUT2D eigenvalue weighted by atomic mass is 19.4. The highest BCUT2D eigenvalue weighted by Crippen LogP contribution is 2.29. The monoisotopic (exact) mass is 192 g/mol. The van der Waals surface area contributed by atoms with Crippen LogP contribution in [-0.4, -0.2) is 13.3 Å². The number of methoxy groups -OCH3 is 1. The molecule has 0 aliphatic rings. The van der Waals surface area contributed by atoms with E-state index in [1.807, 2.05) is 0 Å². The number of ether oxygens (including phenoxy) is 1. The molecule has 0 unspecified atom stereocenters. The van der Waals surface area contributed by atoms with Gasteiger partial charge in [-0.2, -0.15) is 13.2 Å². The van der Waals surface area contributed by atoms with E-state index in [1.54, 1.807) is 6.92 Å². The minimum Gasteiger partial charge on any atom is -0.496 e. The van der Waals surface area contributed by atoms with Crippen molar-refractivity contribution in [2.45, 2.75) is 13.1 Å². The molecule has 0 saturated heterocycles. The van der Waals surface area contributed by atoms with Crippen molar-refractivity contribution >= 4 is 0 Å². The number of rotatable bonds is 3. The molecule has 74 valence electrons. The lowest BCUT2D eigenvalue weighted by Gasteiger charge is -2.10. The summed E-state index contributed by atoms with van der Waals surface area (Å²) >= 11 is 0. The van der Waals surface area contributed by atoms with Crippen LogP contribution in [0.1, 0.15) is 6.92 Å². The van der Waals surface area contributed by atoms with Crippen molar-refractivity contribution in [3.8, 4) is 0 Å². The molecule has 0 amide bonds. The number of halogens is 3. The van der Waals surface area contributed by atoms with E-state index < -0.39 is 11.7 Å². The Morgan fingerprint density at radius 2 is 1.92 bits per heavy atom. The van der Waals surface area contributed by atoms with Gasteiger partial charge in [0.15, 0.2) is 0 Å². The number of hydrogen-bond acceptors (Lipinski definition) is 1. The van der Waals surface area contributed by atoms with Crippen LogP contribution >= 0.6 is 0 Å². The van der Waals surface area contributed by atoms with Gasteiger partial charge in [-0.25, -0.2) is 0 Å². The number of hydrogen-bond donors (Lipinski definition) is 0. The molecule has 0 aliphatic heterocycles. The first-order valence-corrected chi connectivity index (χ1v) is 3.58. The van der Waals surface area contributed by atoms with Crippen molar-refractivity contribution in [2.24, 2.45) is 0 Å². The second-order valence-corrected chi connectivity index (χ2v) is 2.18. The number of allylic oxidation sites excluding steroid dienone is 4. The third kappa shape index (κ3) is 3.36. The molecule has 0 aromatic carbocycles. The standard InChI is InChI=1S/C9H11F3O/c1-4-6-8(13-3)7(5-2)9(10,11)12/h4-6H,2H2,1,3H3/b6-4-,8-7-. The molecule has 0 radical (unpaired) electrons. The van der Waals surface area contributed by atoms with Crippen LogP contribution in [0.15, 0.2) is 36.1 Å². The van der Waals surface area contributed by atoms with Crippen LogP contribution in [0.3, 0.4) is 0 Å². The van der Waals surface area contributed by atoms with Gasteiger partial charge in [0.05, 0.1) is 12.7 Å². The summed E-state index contributed by atoms with van der Waals surface area (Å²) in [6.07, 6.45) is -0.982. The molecular weight excluding hydrogens is 181 g/mol. The molecule has 0 bridgehead atoms. The molecule has 0 fully saturated rings. The Hall–Kier alpha value is -1.19. The molecule has 0 N–H and O–H groups in total. The van der Waals surface area contributed by atoms with Crippen molar-refractivity contribution in [1.82, 2.24) is 0 Å². The summed E-state index contributed by atoms with van der Waals surface area (Å²) in [7, 11) is 1.19. The van der Waals surface area contributed by atoms with Gasteiger partial charge in [-0.15, -0.1) is 0 Å². The second-order valence-electron chi connectivity index (χ2n) is 2.18. The zero-order valence-electron chi connectivity index (χ0n) is 7.48. The van der Waals surface area contributed by atoms with E-state index >= 15 is 0 Å². The molecule has 4 heteroatoms. The zero-order valence-corrected chi connectivity index (χ0v) is 7.48. The van der Waals surface area contributed by atoms with Crippen LogP contribution in [0.25, 0.3) is 0 Å². The Morgan fingerprint density at radius 1 is 1.38 bits per heavy atom. The van der Waals surface area contributed by atoms with E-state index in [9.17, 15) is 13.2 Å². The van der Waals surface area contributed by atoms with Gasteiger partial charge in [0.2, 0.25) is 0 Å². The lowest BCUT2D eigenvalue weighted by atomic mass is 10.2. The molecule has 0 rings (SSSR count). The fraction of sp³-hybridized carbons (Fsp3) is 0.333. The minimum atomic E-state index is -4.42. The summed E-state index contributed by atoms with van der Waals surface area (Å²) in [5, 5.41) is 0. The molecule has 0 aromatic rings. The Labute approximate surface area is 75.2 Å². The van der Waals surface area contributed by atoms with Crippen molar-refractivity contribution in [2.75, 3.05) is 7.11 Å². The van der Waals surface area contributed by atoms with Gasteiger partial charge in [0.25, 0.3) is 0 Å². The molecule has 0 saturated carbocycles. The van der Waals surface area contributed by atoms with Crippen LogP contribution in [0.5, 0.6) is 0 Å². The summed E-state index contributed by atoms with van der Waals surface area (Å²) in [6.45, 7) is 4.69. The van der Waals surface area contributed by atoms with Crippen molar-refractivity contribution in [3.63, 3.8) is 0 Å². The van der Waals surface area contributed by atoms with Crippen molar-refractivity contribution in [1.29, 1.82) is 0 Å². The van der Waals surface area contributed by atoms with Gasteiger partial charge in [-0.05, 0) is 13.0 Å². The second kappa shape index (κ2) is 4.74.